The van der Waals surface area contributed by atoms with Gasteiger partial charge in [0.05, 0.1) is 18.5 Å². The zero-order valence-corrected chi connectivity index (χ0v) is 12.3. The summed E-state index contributed by atoms with van der Waals surface area (Å²) in [5.74, 6) is 1.79. The van der Waals surface area contributed by atoms with E-state index in [2.05, 4.69) is 27.4 Å². The van der Waals surface area contributed by atoms with Crippen LogP contribution in [0.25, 0.3) is 0 Å². The first-order valence-electron chi connectivity index (χ1n) is 6.86. The van der Waals surface area contributed by atoms with Crippen LogP contribution in [-0.4, -0.2) is 23.6 Å². The third-order valence-corrected chi connectivity index (χ3v) is 3.17. The van der Waals surface area contributed by atoms with Crippen LogP contribution in [0, 0.1) is 13.8 Å². The zero-order valence-electron chi connectivity index (χ0n) is 12.3. The SMILES string of the molecule is COc1ccc(CCCNc2nc(C)cnc2C)cc1. The molecule has 1 aromatic heterocycles. The van der Waals surface area contributed by atoms with Crippen LogP contribution in [0.4, 0.5) is 5.82 Å². The van der Waals surface area contributed by atoms with E-state index in [1.54, 1.807) is 13.3 Å². The predicted molar refractivity (Wildman–Crippen MR) is 81.3 cm³/mol. The Kier molecular flexibility index (Phi) is 4.93. The van der Waals surface area contributed by atoms with Crippen molar-refractivity contribution in [1.29, 1.82) is 0 Å². The van der Waals surface area contributed by atoms with Crippen LogP contribution in [0.2, 0.25) is 0 Å². The summed E-state index contributed by atoms with van der Waals surface area (Å²) >= 11 is 0. The summed E-state index contributed by atoms with van der Waals surface area (Å²) in [5.41, 5.74) is 3.20. The third-order valence-electron chi connectivity index (χ3n) is 3.17. The molecule has 0 spiro atoms. The van der Waals surface area contributed by atoms with Crippen LogP contribution in [0.5, 0.6) is 5.75 Å². The highest BCUT2D eigenvalue weighted by atomic mass is 16.5. The molecule has 0 radical (unpaired) electrons. The molecule has 0 fully saturated rings. The summed E-state index contributed by atoms with van der Waals surface area (Å²) < 4.78 is 5.15. The number of anilines is 1. The van der Waals surface area contributed by atoms with E-state index >= 15 is 0 Å². The smallest absolute Gasteiger partial charge is 0.147 e. The highest BCUT2D eigenvalue weighted by molar-refractivity contribution is 5.39. The molecular weight excluding hydrogens is 250 g/mol. The summed E-state index contributed by atoms with van der Waals surface area (Å²) in [6.45, 7) is 4.82. The van der Waals surface area contributed by atoms with Gasteiger partial charge in [0.2, 0.25) is 0 Å². The average Bonchev–Trinajstić information content (AvgIpc) is 2.47. The van der Waals surface area contributed by atoms with Crippen molar-refractivity contribution in [2.45, 2.75) is 26.7 Å². The quantitative estimate of drug-likeness (QED) is 0.820. The van der Waals surface area contributed by atoms with E-state index in [9.17, 15) is 0 Å². The Balaban J connectivity index is 1.79. The van der Waals surface area contributed by atoms with Gasteiger partial charge in [0.15, 0.2) is 0 Å². The first-order valence-corrected chi connectivity index (χ1v) is 6.86. The van der Waals surface area contributed by atoms with Crippen LogP contribution in [-0.2, 0) is 6.42 Å². The van der Waals surface area contributed by atoms with Gasteiger partial charge in [-0.15, -0.1) is 0 Å². The van der Waals surface area contributed by atoms with Crippen LogP contribution in [0.3, 0.4) is 0 Å². The normalized spacial score (nSPS) is 10.3. The number of hydrogen-bond acceptors (Lipinski definition) is 4. The maximum atomic E-state index is 5.15. The van der Waals surface area contributed by atoms with Gasteiger partial charge in [0.25, 0.3) is 0 Å². The van der Waals surface area contributed by atoms with E-state index in [1.807, 2.05) is 26.0 Å². The molecule has 106 valence electrons. The molecule has 0 atom stereocenters. The van der Waals surface area contributed by atoms with Gasteiger partial charge in [0, 0.05) is 12.7 Å². The van der Waals surface area contributed by atoms with Gasteiger partial charge in [0.1, 0.15) is 11.6 Å². The Bertz CT molecular complexity index is 552. The number of aryl methyl sites for hydroxylation is 3. The molecule has 2 aromatic rings. The molecule has 0 aliphatic heterocycles. The van der Waals surface area contributed by atoms with Gasteiger partial charge in [-0.2, -0.15) is 0 Å². The summed E-state index contributed by atoms with van der Waals surface area (Å²) in [6, 6.07) is 8.21. The lowest BCUT2D eigenvalue weighted by Gasteiger charge is -2.08. The van der Waals surface area contributed by atoms with Crippen LogP contribution < -0.4 is 10.1 Å². The number of benzene rings is 1. The van der Waals surface area contributed by atoms with E-state index < -0.39 is 0 Å². The van der Waals surface area contributed by atoms with Crippen molar-refractivity contribution in [1.82, 2.24) is 9.97 Å². The molecule has 2 rings (SSSR count). The van der Waals surface area contributed by atoms with E-state index in [4.69, 9.17) is 4.74 Å². The Morgan fingerprint density at radius 3 is 2.60 bits per heavy atom. The van der Waals surface area contributed by atoms with Crippen molar-refractivity contribution < 1.29 is 4.74 Å². The van der Waals surface area contributed by atoms with Crippen LogP contribution in [0.15, 0.2) is 30.5 Å². The lowest BCUT2D eigenvalue weighted by Crippen LogP contribution is -2.07. The molecule has 0 saturated carbocycles. The summed E-state index contributed by atoms with van der Waals surface area (Å²) in [7, 11) is 1.68. The van der Waals surface area contributed by atoms with Crippen molar-refractivity contribution >= 4 is 5.82 Å². The van der Waals surface area contributed by atoms with Crippen LogP contribution >= 0.6 is 0 Å². The van der Waals surface area contributed by atoms with E-state index in [0.29, 0.717) is 0 Å². The first-order chi connectivity index (χ1) is 9.69. The minimum absolute atomic E-state index is 0.889. The fourth-order valence-corrected chi connectivity index (χ4v) is 2.00. The molecule has 0 bridgehead atoms. The highest BCUT2D eigenvalue weighted by Gasteiger charge is 2.01. The summed E-state index contributed by atoms with van der Waals surface area (Å²) in [5, 5.41) is 3.35. The maximum absolute atomic E-state index is 5.15. The number of nitrogens with one attached hydrogen (secondary N) is 1. The molecule has 0 aliphatic carbocycles. The molecule has 20 heavy (non-hydrogen) atoms. The fourth-order valence-electron chi connectivity index (χ4n) is 2.00. The molecule has 0 saturated heterocycles. The van der Waals surface area contributed by atoms with Gasteiger partial charge in [-0.05, 0) is 44.4 Å². The van der Waals surface area contributed by atoms with Gasteiger partial charge >= 0.3 is 0 Å². The minimum Gasteiger partial charge on any atom is -0.497 e. The Morgan fingerprint density at radius 1 is 1.15 bits per heavy atom. The molecule has 1 aromatic carbocycles. The second-order valence-corrected chi connectivity index (χ2v) is 4.82. The first kappa shape index (κ1) is 14.3. The second-order valence-electron chi connectivity index (χ2n) is 4.82. The van der Waals surface area contributed by atoms with Gasteiger partial charge in [-0.3, -0.25) is 4.98 Å². The number of aromatic nitrogens is 2. The molecule has 1 heterocycles. The topological polar surface area (TPSA) is 47.0 Å². The molecule has 0 amide bonds. The van der Waals surface area contributed by atoms with Crippen molar-refractivity contribution in [2.75, 3.05) is 19.0 Å². The largest absolute Gasteiger partial charge is 0.497 e. The average molecular weight is 271 g/mol. The number of methoxy groups -OCH3 is 1. The number of rotatable bonds is 6. The van der Waals surface area contributed by atoms with Crippen molar-refractivity contribution in [3.8, 4) is 5.75 Å². The Labute approximate surface area is 120 Å². The lowest BCUT2D eigenvalue weighted by molar-refractivity contribution is 0.414. The van der Waals surface area contributed by atoms with E-state index in [-0.39, 0.29) is 0 Å². The molecule has 1 N–H and O–H groups in total. The van der Waals surface area contributed by atoms with Gasteiger partial charge < -0.3 is 10.1 Å². The Hall–Kier alpha value is -2.10. The van der Waals surface area contributed by atoms with Crippen molar-refractivity contribution in [3.05, 3.63) is 47.4 Å². The summed E-state index contributed by atoms with van der Waals surface area (Å²) in [4.78, 5) is 8.75. The number of ether oxygens (including phenoxy) is 1. The van der Waals surface area contributed by atoms with Crippen LogP contribution in [0.1, 0.15) is 23.4 Å². The van der Waals surface area contributed by atoms with Gasteiger partial charge in [-0.1, -0.05) is 12.1 Å². The fraction of sp³-hybridized carbons (Fsp3) is 0.375. The minimum atomic E-state index is 0.889. The second kappa shape index (κ2) is 6.89. The van der Waals surface area contributed by atoms with Crippen molar-refractivity contribution in [2.24, 2.45) is 0 Å². The number of hydrogen-bond donors (Lipinski definition) is 1. The highest BCUT2D eigenvalue weighted by Crippen LogP contribution is 2.13. The molecule has 0 unspecified atom stereocenters. The molecule has 0 aliphatic rings. The standard InChI is InChI=1S/C16H21N3O/c1-12-11-18-13(2)16(19-12)17-10-4-5-14-6-8-15(20-3)9-7-14/h6-9,11H,4-5,10H2,1-3H3,(H,17,19). The van der Waals surface area contributed by atoms with Gasteiger partial charge in [-0.25, -0.2) is 4.98 Å². The monoisotopic (exact) mass is 271 g/mol. The third kappa shape index (κ3) is 3.95. The maximum Gasteiger partial charge on any atom is 0.147 e. The van der Waals surface area contributed by atoms with E-state index in [0.717, 1.165) is 42.3 Å². The molecule has 4 heteroatoms. The Morgan fingerprint density at radius 2 is 1.90 bits per heavy atom. The predicted octanol–water partition coefficient (Wildman–Crippen LogP) is 3.15. The molecular formula is C16H21N3O. The molecule has 4 nitrogen and oxygen atoms in total. The van der Waals surface area contributed by atoms with Crippen molar-refractivity contribution in [3.63, 3.8) is 0 Å². The lowest BCUT2D eigenvalue weighted by atomic mass is 10.1. The summed E-state index contributed by atoms with van der Waals surface area (Å²) in [6.07, 6.45) is 3.88. The van der Waals surface area contributed by atoms with E-state index in [1.165, 1.54) is 5.56 Å². The number of nitrogens with zero attached hydrogens (tertiary/aromatic N) is 2. The zero-order chi connectivity index (χ0) is 14.4.